The number of nitrogens with two attached hydrogens (primary N) is 1. The Hall–Kier alpha value is -1.14. The van der Waals surface area contributed by atoms with Crippen molar-refractivity contribution >= 4 is 11.9 Å². The maximum absolute atomic E-state index is 11.7. The lowest BCUT2D eigenvalue weighted by Gasteiger charge is -2.38. The van der Waals surface area contributed by atoms with Crippen LogP contribution in [0.3, 0.4) is 0 Å². The number of rotatable bonds is 5. The van der Waals surface area contributed by atoms with Gasteiger partial charge in [-0.3, -0.25) is 0 Å². The quantitative estimate of drug-likeness (QED) is 0.731. The fourth-order valence-corrected chi connectivity index (χ4v) is 1.78. The summed E-state index contributed by atoms with van der Waals surface area (Å²) >= 11 is 0. The van der Waals surface area contributed by atoms with E-state index in [0.29, 0.717) is 19.0 Å². The first-order chi connectivity index (χ1) is 7.48. The van der Waals surface area contributed by atoms with Gasteiger partial charge < -0.3 is 20.1 Å². The van der Waals surface area contributed by atoms with E-state index >= 15 is 0 Å². The minimum absolute atomic E-state index is 0.223. The van der Waals surface area contributed by atoms with Crippen molar-refractivity contribution in [3.8, 4) is 0 Å². The highest BCUT2D eigenvalue weighted by molar-refractivity contribution is 6.06. The van der Waals surface area contributed by atoms with Crippen LogP contribution in [-0.2, 0) is 9.47 Å². The van der Waals surface area contributed by atoms with Crippen molar-refractivity contribution in [1.29, 1.82) is 0 Å². The molecule has 0 aliphatic carbocycles. The van der Waals surface area contributed by atoms with Crippen molar-refractivity contribution in [3.05, 3.63) is 0 Å². The SMILES string of the molecule is COCCN1C(=O)N=C(N)C1(C)C(C)OC. The maximum atomic E-state index is 11.7. The molecule has 2 atom stereocenters. The number of nitrogens with zero attached hydrogens (tertiary/aromatic N) is 2. The monoisotopic (exact) mass is 229 g/mol. The van der Waals surface area contributed by atoms with Gasteiger partial charge in [0, 0.05) is 20.8 Å². The second-order valence-corrected chi connectivity index (χ2v) is 3.95. The molecule has 0 aromatic heterocycles. The highest BCUT2D eigenvalue weighted by atomic mass is 16.5. The van der Waals surface area contributed by atoms with E-state index in [-0.39, 0.29) is 12.1 Å². The summed E-state index contributed by atoms with van der Waals surface area (Å²) in [7, 11) is 3.17. The van der Waals surface area contributed by atoms with Gasteiger partial charge in [-0.2, -0.15) is 4.99 Å². The Morgan fingerprint density at radius 2 is 2.19 bits per heavy atom. The van der Waals surface area contributed by atoms with Crippen LogP contribution in [0.15, 0.2) is 4.99 Å². The summed E-state index contributed by atoms with van der Waals surface area (Å²) in [6.45, 7) is 4.60. The third-order valence-corrected chi connectivity index (χ3v) is 3.19. The number of aliphatic imine (C=N–C) groups is 1. The number of carbonyl (C=O) groups is 1. The van der Waals surface area contributed by atoms with Crippen molar-refractivity contribution in [1.82, 2.24) is 4.90 Å². The molecule has 0 aromatic rings. The molecule has 1 heterocycles. The smallest absolute Gasteiger partial charge is 0.346 e. The molecule has 0 saturated carbocycles. The minimum atomic E-state index is -0.690. The van der Waals surface area contributed by atoms with Gasteiger partial charge in [-0.05, 0) is 13.8 Å². The fraction of sp³-hybridized carbons (Fsp3) is 0.800. The third kappa shape index (κ3) is 1.90. The number of hydrogen-bond acceptors (Lipinski definition) is 4. The van der Waals surface area contributed by atoms with Gasteiger partial charge in [-0.15, -0.1) is 0 Å². The van der Waals surface area contributed by atoms with Gasteiger partial charge in [0.05, 0.1) is 12.7 Å². The highest BCUT2D eigenvalue weighted by Crippen LogP contribution is 2.27. The number of amidine groups is 1. The number of amides is 2. The van der Waals surface area contributed by atoms with Crippen LogP contribution in [-0.4, -0.2) is 55.8 Å². The lowest BCUT2D eigenvalue weighted by molar-refractivity contribution is 0.0179. The molecule has 2 unspecified atom stereocenters. The number of hydrogen-bond donors (Lipinski definition) is 1. The molecule has 6 nitrogen and oxygen atoms in total. The van der Waals surface area contributed by atoms with Crippen molar-refractivity contribution in [2.75, 3.05) is 27.4 Å². The number of carbonyl (C=O) groups excluding carboxylic acids is 1. The van der Waals surface area contributed by atoms with Gasteiger partial charge in [0.15, 0.2) is 0 Å². The zero-order chi connectivity index (χ0) is 12.3. The molecule has 2 N–H and O–H groups in total. The topological polar surface area (TPSA) is 77.2 Å². The van der Waals surface area contributed by atoms with E-state index in [9.17, 15) is 4.79 Å². The molecule has 0 fully saturated rings. The Morgan fingerprint density at radius 3 is 2.69 bits per heavy atom. The molecule has 6 heteroatoms. The van der Waals surface area contributed by atoms with Crippen LogP contribution >= 0.6 is 0 Å². The molecular formula is C10H19N3O3. The lowest BCUT2D eigenvalue weighted by atomic mass is 9.93. The molecular weight excluding hydrogens is 210 g/mol. The van der Waals surface area contributed by atoms with Crippen molar-refractivity contribution < 1.29 is 14.3 Å². The molecule has 1 aliphatic rings. The van der Waals surface area contributed by atoms with Crippen LogP contribution < -0.4 is 5.73 Å². The summed E-state index contributed by atoms with van der Waals surface area (Å²) in [6.07, 6.45) is -0.223. The van der Waals surface area contributed by atoms with E-state index in [1.807, 2.05) is 13.8 Å². The predicted octanol–water partition coefficient (Wildman–Crippen LogP) is 0.219. The van der Waals surface area contributed by atoms with Gasteiger partial charge in [0.1, 0.15) is 11.4 Å². The largest absolute Gasteiger partial charge is 0.385 e. The Balaban J connectivity index is 2.93. The molecule has 0 radical (unpaired) electrons. The molecule has 1 aliphatic heterocycles. The second-order valence-electron chi connectivity index (χ2n) is 3.95. The van der Waals surface area contributed by atoms with Crippen molar-refractivity contribution in [3.63, 3.8) is 0 Å². The zero-order valence-electron chi connectivity index (χ0n) is 10.2. The number of urea groups is 1. The standard InChI is InChI=1S/C10H19N3O3/c1-7(16-4)10(2)8(11)12-9(14)13(10)5-6-15-3/h7H,5-6H2,1-4H3,(H2,11,12,14). The predicted molar refractivity (Wildman–Crippen MR) is 60.5 cm³/mol. The first-order valence-electron chi connectivity index (χ1n) is 5.16. The Labute approximate surface area is 95.4 Å². The molecule has 0 spiro atoms. The maximum Gasteiger partial charge on any atom is 0.346 e. The summed E-state index contributed by atoms with van der Waals surface area (Å²) < 4.78 is 10.2. The third-order valence-electron chi connectivity index (χ3n) is 3.19. The van der Waals surface area contributed by atoms with Crippen LogP contribution in [0, 0.1) is 0 Å². The van der Waals surface area contributed by atoms with E-state index in [2.05, 4.69) is 4.99 Å². The van der Waals surface area contributed by atoms with E-state index in [1.54, 1.807) is 19.1 Å². The molecule has 1 rings (SSSR count). The molecule has 0 saturated heterocycles. The first kappa shape index (κ1) is 12.9. The summed E-state index contributed by atoms with van der Waals surface area (Å²) in [4.78, 5) is 17.0. The zero-order valence-corrected chi connectivity index (χ0v) is 10.2. The van der Waals surface area contributed by atoms with Gasteiger partial charge >= 0.3 is 6.03 Å². The summed E-state index contributed by atoms with van der Waals surface area (Å²) in [6, 6.07) is -0.332. The van der Waals surface area contributed by atoms with Crippen LogP contribution in [0.5, 0.6) is 0 Å². The molecule has 2 amide bonds. The van der Waals surface area contributed by atoms with Gasteiger partial charge in [0.2, 0.25) is 0 Å². The lowest BCUT2D eigenvalue weighted by Crippen LogP contribution is -2.59. The first-order valence-corrected chi connectivity index (χ1v) is 5.16. The Kier molecular flexibility index (Phi) is 3.88. The van der Waals surface area contributed by atoms with Crippen molar-refractivity contribution in [2.45, 2.75) is 25.5 Å². The van der Waals surface area contributed by atoms with Crippen molar-refractivity contribution in [2.24, 2.45) is 10.7 Å². The molecule has 0 aromatic carbocycles. The van der Waals surface area contributed by atoms with Gasteiger partial charge in [-0.25, -0.2) is 4.79 Å². The average Bonchev–Trinajstić information content (AvgIpc) is 2.48. The molecule has 16 heavy (non-hydrogen) atoms. The van der Waals surface area contributed by atoms with Crippen LogP contribution in [0.25, 0.3) is 0 Å². The number of methoxy groups -OCH3 is 2. The average molecular weight is 229 g/mol. The van der Waals surface area contributed by atoms with Crippen LogP contribution in [0.4, 0.5) is 4.79 Å². The summed E-state index contributed by atoms with van der Waals surface area (Å²) in [5.74, 6) is 0.294. The highest BCUT2D eigenvalue weighted by Gasteiger charge is 2.48. The fourth-order valence-electron chi connectivity index (χ4n) is 1.78. The Bertz CT molecular complexity index is 306. The minimum Gasteiger partial charge on any atom is -0.385 e. The van der Waals surface area contributed by atoms with E-state index in [1.165, 1.54) is 0 Å². The van der Waals surface area contributed by atoms with Crippen LogP contribution in [0.1, 0.15) is 13.8 Å². The molecule has 92 valence electrons. The second kappa shape index (κ2) is 4.80. The van der Waals surface area contributed by atoms with Crippen LogP contribution in [0.2, 0.25) is 0 Å². The summed E-state index contributed by atoms with van der Waals surface area (Å²) in [5.41, 5.74) is 5.12. The Morgan fingerprint density at radius 1 is 1.56 bits per heavy atom. The van der Waals surface area contributed by atoms with E-state index in [0.717, 1.165) is 0 Å². The van der Waals surface area contributed by atoms with E-state index < -0.39 is 5.54 Å². The normalized spacial score (nSPS) is 27.1. The van der Waals surface area contributed by atoms with Gasteiger partial charge in [-0.1, -0.05) is 0 Å². The number of ether oxygens (including phenoxy) is 2. The van der Waals surface area contributed by atoms with Gasteiger partial charge in [0.25, 0.3) is 0 Å². The summed E-state index contributed by atoms with van der Waals surface area (Å²) in [5, 5.41) is 0. The molecule has 0 bridgehead atoms. The van der Waals surface area contributed by atoms with E-state index in [4.69, 9.17) is 15.2 Å².